The van der Waals surface area contributed by atoms with Gasteiger partial charge in [0.25, 0.3) is 0 Å². The Morgan fingerprint density at radius 2 is 1.73 bits per heavy atom. The fraction of sp³-hybridized carbons (Fsp3) is 0.303. The minimum atomic E-state index is -0.732. The maximum Gasteiger partial charge on any atom is 0.227 e. The summed E-state index contributed by atoms with van der Waals surface area (Å²) >= 11 is 1.38. The predicted octanol–water partition coefficient (Wildman–Crippen LogP) is 5.79. The van der Waals surface area contributed by atoms with E-state index in [0.29, 0.717) is 30.8 Å². The number of rotatable bonds is 12. The Hall–Kier alpha value is -3.72. The largest absolute Gasteiger partial charge is 0.508 e. The van der Waals surface area contributed by atoms with Crippen molar-refractivity contribution >= 4 is 34.3 Å². The third-order valence-electron chi connectivity index (χ3n) is 7.17. The highest BCUT2D eigenvalue weighted by atomic mass is 32.2. The molecule has 0 saturated heterocycles. The highest BCUT2D eigenvalue weighted by Crippen LogP contribution is 2.29. The highest BCUT2D eigenvalue weighted by molar-refractivity contribution is 7.99. The van der Waals surface area contributed by atoms with Gasteiger partial charge in [0.05, 0.1) is 18.2 Å². The molecule has 0 aromatic heterocycles. The zero-order valence-electron chi connectivity index (χ0n) is 24.0. The zero-order valence-corrected chi connectivity index (χ0v) is 24.8. The lowest BCUT2D eigenvalue weighted by atomic mass is 9.93. The number of likely N-dealkylation sites (N-methyl/N-ethyl adjacent to an activating group) is 1. The second-order valence-corrected chi connectivity index (χ2v) is 11.7. The molecule has 216 valence electrons. The number of benzene rings is 4. The van der Waals surface area contributed by atoms with Crippen LogP contribution in [0.25, 0.3) is 10.8 Å². The number of anilines is 1. The van der Waals surface area contributed by atoms with Gasteiger partial charge in [0.1, 0.15) is 11.5 Å². The molecule has 0 bridgehead atoms. The number of aliphatic hydroxyl groups is 1. The van der Waals surface area contributed by atoms with Crippen molar-refractivity contribution < 1.29 is 20.1 Å². The topological polar surface area (TPSA) is 105 Å². The van der Waals surface area contributed by atoms with Crippen molar-refractivity contribution in [2.24, 2.45) is 0 Å². The van der Waals surface area contributed by atoms with E-state index in [-0.39, 0.29) is 22.9 Å². The Balaban J connectivity index is 1.34. The molecule has 4 rings (SSSR count). The van der Waals surface area contributed by atoms with Crippen molar-refractivity contribution in [1.82, 2.24) is 10.2 Å². The molecule has 0 radical (unpaired) electrons. The maximum absolute atomic E-state index is 13.1. The van der Waals surface area contributed by atoms with E-state index in [1.54, 1.807) is 35.2 Å². The van der Waals surface area contributed by atoms with Crippen LogP contribution in [0, 0.1) is 0 Å². The number of phenolic OH excluding ortho intramolecular Hbond substituents is 2. The van der Waals surface area contributed by atoms with E-state index in [4.69, 9.17) is 0 Å². The number of nitrogens with one attached hydrogen (secondary N) is 2. The van der Waals surface area contributed by atoms with Crippen molar-refractivity contribution in [1.29, 1.82) is 0 Å². The Kier molecular flexibility index (Phi) is 9.81. The van der Waals surface area contributed by atoms with Crippen LogP contribution in [0.5, 0.6) is 11.5 Å². The molecule has 1 amide bonds. The summed E-state index contributed by atoms with van der Waals surface area (Å²) in [6.07, 6.45) is 2.16. The van der Waals surface area contributed by atoms with E-state index in [2.05, 4.69) is 36.0 Å². The molecule has 0 aliphatic carbocycles. The number of aromatic hydroxyl groups is 2. The van der Waals surface area contributed by atoms with Crippen LogP contribution in [-0.2, 0) is 24.2 Å². The lowest BCUT2D eigenvalue weighted by Crippen LogP contribution is -2.43. The molecule has 4 aromatic rings. The molecule has 8 heteroatoms. The van der Waals surface area contributed by atoms with Gasteiger partial charge in [-0.3, -0.25) is 4.79 Å². The molecule has 0 saturated carbocycles. The van der Waals surface area contributed by atoms with Gasteiger partial charge in [0, 0.05) is 31.9 Å². The number of hydrogen-bond donors (Lipinski definition) is 5. The van der Waals surface area contributed by atoms with Crippen LogP contribution in [0.2, 0.25) is 0 Å². The van der Waals surface area contributed by atoms with Crippen LogP contribution in [0.1, 0.15) is 42.2 Å². The fourth-order valence-corrected chi connectivity index (χ4v) is 5.38. The molecule has 0 spiro atoms. The molecule has 0 heterocycles. The molecule has 5 N–H and O–H groups in total. The van der Waals surface area contributed by atoms with E-state index in [0.717, 1.165) is 33.9 Å². The van der Waals surface area contributed by atoms with Crippen LogP contribution < -0.4 is 10.0 Å². The van der Waals surface area contributed by atoms with Gasteiger partial charge in [-0.05, 0) is 77.6 Å². The molecule has 4 aromatic carbocycles. The van der Waals surface area contributed by atoms with Crippen molar-refractivity contribution in [3.63, 3.8) is 0 Å². The maximum atomic E-state index is 13.1. The minimum absolute atomic E-state index is 0.0302. The SMILES string of the molecule is CSNc1cc([C@H](O)CNC(C)(C)Cc2cccc(CC(=O)N(C)Cc3cccc4cc(O)ccc34)c2)ccc1O. The van der Waals surface area contributed by atoms with Gasteiger partial charge >= 0.3 is 0 Å². The Bertz CT molecular complexity index is 1510. The second-order valence-electron chi connectivity index (χ2n) is 11.1. The Morgan fingerprint density at radius 3 is 2.51 bits per heavy atom. The molecule has 0 aliphatic heterocycles. The van der Waals surface area contributed by atoms with Gasteiger partial charge in [-0.15, -0.1) is 0 Å². The normalized spacial score (nSPS) is 12.3. The highest BCUT2D eigenvalue weighted by Gasteiger charge is 2.21. The number of carbonyl (C=O) groups is 1. The number of phenols is 2. The minimum Gasteiger partial charge on any atom is -0.508 e. The standard InChI is InChI=1S/C33H39N3O4S/c1-33(2,34-20-31(39)25-11-14-30(38)29(18-25)35-41-4)19-23-8-5-7-22(15-23)16-32(40)36(3)21-26-10-6-9-24-17-27(37)12-13-28(24)26/h5-15,17-18,31,34-35,37-39H,16,19-21H2,1-4H3/t31-/m1/s1. The Labute approximate surface area is 246 Å². The van der Waals surface area contributed by atoms with Crippen LogP contribution in [-0.4, -0.2) is 51.5 Å². The molecular formula is C33H39N3O4S. The summed E-state index contributed by atoms with van der Waals surface area (Å²) in [5, 5.41) is 36.0. The fourth-order valence-electron chi connectivity index (χ4n) is 5.00. The van der Waals surface area contributed by atoms with E-state index < -0.39 is 6.10 Å². The number of aliphatic hydroxyl groups excluding tert-OH is 1. The molecule has 7 nitrogen and oxygen atoms in total. The number of hydrogen-bond acceptors (Lipinski definition) is 7. The smallest absolute Gasteiger partial charge is 0.227 e. The summed E-state index contributed by atoms with van der Waals surface area (Å²) < 4.78 is 3.02. The predicted molar refractivity (Wildman–Crippen MR) is 168 cm³/mol. The Morgan fingerprint density at radius 1 is 0.976 bits per heavy atom. The number of fused-ring (bicyclic) bond motifs is 1. The molecule has 0 aliphatic rings. The zero-order chi connectivity index (χ0) is 29.6. The van der Waals surface area contributed by atoms with Crippen molar-refractivity contribution in [2.45, 2.75) is 44.9 Å². The number of carbonyl (C=O) groups excluding carboxylic acids is 1. The van der Waals surface area contributed by atoms with E-state index in [1.807, 2.05) is 49.7 Å². The summed E-state index contributed by atoms with van der Waals surface area (Å²) in [5.74, 6) is 0.397. The number of amides is 1. The summed E-state index contributed by atoms with van der Waals surface area (Å²) in [6.45, 7) is 5.02. The quantitative estimate of drug-likeness (QED) is 0.108. The first kappa shape index (κ1) is 30.2. The van der Waals surface area contributed by atoms with Crippen LogP contribution >= 0.6 is 11.9 Å². The van der Waals surface area contributed by atoms with Gasteiger partial charge in [-0.25, -0.2) is 0 Å². The number of β-amino-alcohol motifs (C(OH)–C–C–N with tert-alkyl or cyclic N) is 1. The van der Waals surface area contributed by atoms with Gasteiger partial charge in [-0.1, -0.05) is 66.5 Å². The molecule has 1 atom stereocenters. The van der Waals surface area contributed by atoms with Gasteiger partial charge < -0.3 is 30.3 Å². The first-order valence-corrected chi connectivity index (χ1v) is 14.8. The van der Waals surface area contributed by atoms with E-state index in [9.17, 15) is 20.1 Å². The summed E-state index contributed by atoms with van der Waals surface area (Å²) in [7, 11) is 1.82. The van der Waals surface area contributed by atoms with E-state index >= 15 is 0 Å². The summed E-state index contributed by atoms with van der Waals surface area (Å²) in [4.78, 5) is 14.9. The van der Waals surface area contributed by atoms with Crippen molar-refractivity contribution in [2.75, 3.05) is 24.6 Å². The monoisotopic (exact) mass is 573 g/mol. The summed E-state index contributed by atoms with van der Waals surface area (Å²) in [6, 6.07) is 24.4. The van der Waals surface area contributed by atoms with Crippen LogP contribution in [0.3, 0.4) is 0 Å². The third kappa shape index (κ3) is 8.16. The molecule has 41 heavy (non-hydrogen) atoms. The lowest BCUT2D eigenvalue weighted by molar-refractivity contribution is -0.129. The summed E-state index contributed by atoms with van der Waals surface area (Å²) in [5.41, 5.74) is 4.08. The van der Waals surface area contributed by atoms with Gasteiger partial charge in [-0.2, -0.15) is 0 Å². The first-order chi connectivity index (χ1) is 19.5. The third-order valence-corrected chi connectivity index (χ3v) is 7.60. The van der Waals surface area contributed by atoms with E-state index in [1.165, 1.54) is 11.9 Å². The first-order valence-electron chi connectivity index (χ1n) is 13.6. The molecular weight excluding hydrogens is 534 g/mol. The van der Waals surface area contributed by atoms with Crippen molar-refractivity contribution in [3.8, 4) is 11.5 Å². The molecule has 0 fully saturated rings. The second kappa shape index (κ2) is 13.3. The number of nitrogens with zero attached hydrogens (tertiary/aromatic N) is 1. The lowest BCUT2D eigenvalue weighted by Gasteiger charge is -2.28. The average Bonchev–Trinajstić information content (AvgIpc) is 2.93. The van der Waals surface area contributed by atoms with Gasteiger partial charge in [0.15, 0.2) is 0 Å². The molecule has 0 unspecified atom stereocenters. The van der Waals surface area contributed by atoms with Crippen LogP contribution in [0.15, 0.2) is 78.9 Å². The average molecular weight is 574 g/mol. The van der Waals surface area contributed by atoms with Gasteiger partial charge in [0.2, 0.25) is 5.91 Å². The van der Waals surface area contributed by atoms with Crippen molar-refractivity contribution in [3.05, 3.63) is 101 Å². The van der Waals surface area contributed by atoms with Crippen LogP contribution in [0.4, 0.5) is 5.69 Å².